The monoisotopic (exact) mass is 235 g/mol. The van der Waals surface area contributed by atoms with Crippen LogP contribution in [-0.2, 0) is 18.4 Å². The zero-order valence-electron chi connectivity index (χ0n) is 9.78. The van der Waals surface area contributed by atoms with Crippen LogP contribution in [0.1, 0.15) is 42.9 Å². The molecule has 16 heavy (non-hydrogen) atoms. The smallest absolute Gasteiger partial charge is 0.0444 e. The summed E-state index contributed by atoms with van der Waals surface area (Å²) in [5.74, 6) is 0. The minimum Gasteiger partial charge on any atom is -0.308 e. The van der Waals surface area contributed by atoms with Crippen molar-refractivity contribution in [1.82, 2.24) is 5.32 Å². The van der Waals surface area contributed by atoms with E-state index in [1.165, 1.54) is 48.8 Å². The largest absolute Gasteiger partial charge is 0.308 e. The second-order valence-corrected chi connectivity index (χ2v) is 5.72. The van der Waals surface area contributed by atoms with Crippen LogP contribution in [0.25, 0.3) is 0 Å². The fraction of sp³-hybridized carbons (Fsp3) is 0.571. The molecule has 0 radical (unpaired) electrons. The topological polar surface area (TPSA) is 12.0 Å². The number of fused-ring (bicyclic) bond motifs is 1. The Kier molecular flexibility index (Phi) is 2.49. The molecule has 0 spiro atoms. The van der Waals surface area contributed by atoms with Crippen molar-refractivity contribution in [2.24, 2.45) is 0 Å². The zero-order valence-corrected chi connectivity index (χ0v) is 10.5. The molecule has 1 atom stereocenters. The average Bonchev–Trinajstić information content (AvgIpc) is 2.86. The van der Waals surface area contributed by atoms with Crippen molar-refractivity contribution in [2.45, 2.75) is 44.6 Å². The van der Waals surface area contributed by atoms with Gasteiger partial charge in [-0.15, -0.1) is 0 Å². The third kappa shape index (κ3) is 1.57. The lowest BCUT2D eigenvalue weighted by Crippen LogP contribution is -2.33. The molecule has 1 unspecified atom stereocenters. The summed E-state index contributed by atoms with van der Waals surface area (Å²) in [5.41, 5.74) is 4.42. The van der Waals surface area contributed by atoms with Crippen LogP contribution in [0.15, 0.2) is 12.1 Å². The maximum Gasteiger partial charge on any atom is 0.0444 e. The minimum atomic E-state index is 0.154. The predicted molar refractivity (Wildman–Crippen MR) is 68.1 cm³/mol. The fourth-order valence-electron chi connectivity index (χ4n) is 3.11. The molecular weight excluding hydrogens is 218 g/mol. The predicted octanol–water partition coefficient (Wildman–Crippen LogP) is 3.43. The number of nitrogens with one attached hydrogen (secondary N) is 1. The lowest BCUT2D eigenvalue weighted by Gasteiger charge is -2.26. The van der Waals surface area contributed by atoms with E-state index in [0.29, 0.717) is 0 Å². The standard InChI is InChI=1S/C14H18ClN/c1-14(6-3-7-16-14)11-8-10-4-2-5-12(10)13(15)9-11/h8-9,16H,2-7H2,1H3. The summed E-state index contributed by atoms with van der Waals surface area (Å²) >= 11 is 6.39. The van der Waals surface area contributed by atoms with E-state index in [4.69, 9.17) is 11.6 Å². The van der Waals surface area contributed by atoms with Gasteiger partial charge < -0.3 is 5.32 Å². The van der Waals surface area contributed by atoms with Crippen molar-refractivity contribution in [2.75, 3.05) is 6.54 Å². The third-order valence-corrected chi connectivity index (χ3v) is 4.50. The highest BCUT2D eigenvalue weighted by Gasteiger charge is 2.31. The number of aryl methyl sites for hydroxylation is 1. The highest BCUT2D eigenvalue weighted by atomic mass is 35.5. The van der Waals surface area contributed by atoms with Crippen LogP contribution in [0.2, 0.25) is 5.02 Å². The highest BCUT2D eigenvalue weighted by Crippen LogP contribution is 2.37. The Bertz CT molecular complexity index is 419. The van der Waals surface area contributed by atoms with Gasteiger partial charge in [0.1, 0.15) is 0 Å². The lowest BCUT2D eigenvalue weighted by atomic mass is 9.88. The first-order chi connectivity index (χ1) is 7.69. The summed E-state index contributed by atoms with van der Waals surface area (Å²) in [5, 5.41) is 4.60. The SMILES string of the molecule is CC1(c2cc(Cl)c3c(c2)CCC3)CCCN1. The molecule has 0 saturated carbocycles. The van der Waals surface area contributed by atoms with E-state index < -0.39 is 0 Å². The van der Waals surface area contributed by atoms with Gasteiger partial charge in [-0.1, -0.05) is 17.7 Å². The molecule has 1 saturated heterocycles. The van der Waals surface area contributed by atoms with Crippen molar-refractivity contribution >= 4 is 11.6 Å². The molecule has 1 nitrogen and oxygen atoms in total. The highest BCUT2D eigenvalue weighted by molar-refractivity contribution is 6.31. The Morgan fingerprint density at radius 3 is 2.88 bits per heavy atom. The van der Waals surface area contributed by atoms with E-state index in [1.807, 2.05) is 0 Å². The first kappa shape index (κ1) is 10.6. The van der Waals surface area contributed by atoms with Gasteiger partial charge in [-0.05, 0) is 68.3 Å². The summed E-state index contributed by atoms with van der Waals surface area (Å²) < 4.78 is 0. The van der Waals surface area contributed by atoms with E-state index >= 15 is 0 Å². The molecule has 1 fully saturated rings. The molecule has 1 N–H and O–H groups in total. The van der Waals surface area contributed by atoms with Gasteiger partial charge in [-0.2, -0.15) is 0 Å². The molecule has 86 valence electrons. The Hall–Kier alpha value is -0.530. The van der Waals surface area contributed by atoms with Crippen molar-refractivity contribution in [3.63, 3.8) is 0 Å². The normalized spacial score (nSPS) is 28.4. The van der Waals surface area contributed by atoms with E-state index in [-0.39, 0.29) is 5.54 Å². The van der Waals surface area contributed by atoms with Crippen LogP contribution in [0.3, 0.4) is 0 Å². The van der Waals surface area contributed by atoms with Crippen molar-refractivity contribution in [3.8, 4) is 0 Å². The van der Waals surface area contributed by atoms with Crippen LogP contribution in [0.4, 0.5) is 0 Å². The summed E-state index contributed by atoms with van der Waals surface area (Å²) in [6.45, 7) is 3.43. The lowest BCUT2D eigenvalue weighted by molar-refractivity contribution is 0.434. The summed E-state index contributed by atoms with van der Waals surface area (Å²) in [6.07, 6.45) is 6.13. The van der Waals surface area contributed by atoms with Crippen LogP contribution in [0.5, 0.6) is 0 Å². The maximum absolute atomic E-state index is 6.39. The number of hydrogen-bond acceptors (Lipinski definition) is 1. The van der Waals surface area contributed by atoms with Crippen molar-refractivity contribution in [3.05, 3.63) is 33.8 Å². The Labute approximate surface area is 102 Å². The van der Waals surface area contributed by atoms with Gasteiger partial charge in [0, 0.05) is 10.6 Å². The molecule has 2 heteroatoms. The van der Waals surface area contributed by atoms with E-state index in [2.05, 4.69) is 24.4 Å². The van der Waals surface area contributed by atoms with Gasteiger partial charge >= 0.3 is 0 Å². The van der Waals surface area contributed by atoms with Gasteiger partial charge in [0.05, 0.1) is 0 Å². The van der Waals surface area contributed by atoms with E-state index in [0.717, 1.165) is 11.6 Å². The number of rotatable bonds is 1. The van der Waals surface area contributed by atoms with Crippen LogP contribution in [-0.4, -0.2) is 6.54 Å². The minimum absolute atomic E-state index is 0.154. The molecule has 1 aromatic rings. The number of halogens is 1. The maximum atomic E-state index is 6.39. The third-order valence-electron chi connectivity index (χ3n) is 4.17. The zero-order chi connectivity index (χ0) is 11.2. The molecule has 0 amide bonds. The molecule has 0 aromatic heterocycles. The van der Waals surface area contributed by atoms with E-state index in [1.54, 1.807) is 0 Å². The quantitative estimate of drug-likeness (QED) is 0.787. The summed E-state index contributed by atoms with van der Waals surface area (Å²) in [4.78, 5) is 0. The molecule has 1 aliphatic carbocycles. The average molecular weight is 236 g/mol. The van der Waals surface area contributed by atoms with Crippen molar-refractivity contribution < 1.29 is 0 Å². The Morgan fingerprint density at radius 1 is 1.25 bits per heavy atom. The fourth-order valence-corrected chi connectivity index (χ4v) is 3.45. The first-order valence-electron chi connectivity index (χ1n) is 6.26. The second-order valence-electron chi connectivity index (χ2n) is 5.31. The Balaban J connectivity index is 2.05. The molecular formula is C14H18ClN. The van der Waals surface area contributed by atoms with Gasteiger partial charge in [0.2, 0.25) is 0 Å². The first-order valence-corrected chi connectivity index (χ1v) is 6.64. The molecule has 1 aliphatic heterocycles. The van der Waals surface area contributed by atoms with E-state index in [9.17, 15) is 0 Å². The van der Waals surface area contributed by atoms with Crippen LogP contribution in [0, 0.1) is 0 Å². The van der Waals surface area contributed by atoms with Gasteiger partial charge in [0.15, 0.2) is 0 Å². The van der Waals surface area contributed by atoms with Gasteiger partial charge in [-0.25, -0.2) is 0 Å². The summed E-state index contributed by atoms with van der Waals surface area (Å²) in [7, 11) is 0. The summed E-state index contributed by atoms with van der Waals surface area (Å²) in [6, 6.07) is 4.57. The van der Waals surface area contributed by atoms with Crippen LogP contribution < -0.4 is 5.32 Å². The number of benzene rings is 1. The number of hydrogen-bond donors (Lipinski definition) is 1. The van der Waals surface area contributed by atoms with Gasteiger partial charge in [0.25, 0.3) is 0 Å². The molecule has 3 rings (SSSR count). The van der Waals surface area contributed by atoms with Gasteiger partial charge in [-0.3, -0.25) is 0 Å². The molecule has 2 aliphatic rings. The molecule has 0 bridgehead atoms. The molecule has 1 aromatic carbocycles. The van der Waals surface area contributed by atoms with Crippen LogP contribution >= 0.6 is 11.6 Å². The van der Waals surface area contributed by atoms with Crippen molar-refractivity contribution in [1.29, 1.82) is 0 Å². The molecule has 1 heterocycles. The Morgan fingerprint density at radius 2 is 2.12 bits per heavy atom. The second kappa shape index (κ2) is 3.75.